The van der Waals surface area contributed by atoms with Crippen molar-refractivity contribution in [1.82, 2.24) is 0 Å². The second-order valence-electron chi connectivity index (χ2n) is 2.88. The summed E-state index contributed by atoms with van der Waals surface area (Å²) in [6.45, 7) is 4.28. The lowest BCUT2D eigenvalue weighted by Gasteiger charge is -2.11. The van der Waals surface area contributed by atoms with E-state index >= 15 is 0 Å². The van der Waals surface area contributed by atoms with E-state index in [-0.39, 0.29) is 0 Å². The molecule has 0 saturated carbocycles. The van der Waals surface area contributed by atoms with E-state index < -0.39 is 12.4 Å². The van der Waals surface area contributed by atoms with Crippen molar-refractivity contribution in [2.24, 2.45) is 0 Å². The molecular formula is C9H18O4. The van der Waals surface area contributed by atoms with Crippen LogP contribution in [0.3, 0.4) is 0 Å². The van der Waals surface area contributed by atoms with Crippen LogP contribution in [0.15, 0.2) is 0 Å². The highest BCUT2D eigenvalue weighted by Gasteiger charge is 2.05. The standard InChI is InChI=1S/C9H18O4/c1-3-4-5-6-7-12-8(2)13-9(10)11/h8H,3-7H2,1-2H3,(H,10,11). The molecule has 0 bridgehead atoms. The fraction of sp³-hybridized carbons (Fsp3) is 0.889. The summed E-state index contributed by atoms with van der Waals surface area (Å²) in [5.74, 6) is 0. The van der Waals surface area contributed by atoms with Gasteiger partial charge in [-0.15, -0.1) is 0 Å². The van der Waals surface area contributed by atoms with Crippen molar-refractivity contribution in [3.63, 3.8) is 0 Å². The molecule has 0 aliphatic rings. The van der Waals surface area contributed by atoms with Gasteiger partial charge in [-0.25, -0.2) is 4.79 Å². The van der Waals surface area contributed by atoms with Crippen LogP contribution in [0.2, 0.25) is 0 Å². The van der Waals surface area contributed by atoms with E-state index in [2.05, 4.69) is 11.7 Å². The lowest BCUT2D eigenvalue weighted by atomic mass is 10.2. The summed E-state index contributed by atoms with van der Waals surface area (Å²) in [5, 5.41) is 8.22. The number of carbonyl (C=O) groups is 1. The fourth-order valence-corrected chi connectivity index (χ4v) is 0.954. The lowest BCUT2D eigenvalue weighted by molar-refractivity contribution is -0.105. The molecule has 0 rings (SSSR count). The number of rotatable bonds is 7. The highest BCUT2D eigenvalue weighted by molar-refractivity contribution is 5.56. The second-order valence-corrected chi connectivity index (χ2v) is 2.88. The summed E-state index contributed by atoms with van der Waals surface area (Å²) < 4.78 is 9.45. The zero-order valence-electron chi connectivity index (χ0n) is 8.28. The molecule has 4 nitrogen and oxygen atoms in total. The first-order valence-corrected chi connectivity index (χ1v) is 4.68. The molecule has 0 amide bonds. The predicted octanol–water partition coefficient (Wildman–Crippen LogP) is 2.62. The average molecular weight is 190 g/mol. The molecule has 0 radical (unpaired) electrons. The van der Waals surface area contributed by atoms with Crippen LogP contribution in [-0.2, 0) is 9.47 Å². The van der Waals surface area contributed by atoms with Gasteiger partial charge < -0.3 is 14.6 Å². The Hall–Kier alpha value is -0.770. The van der Waals surface area contributed by atoms with Crippen LogP contribution in [0.5, 0.6) is 0 Å². The van der Waals surface area contributed by atoms with Crippen LogP contribution in [0.4, 0.5) is 4.79 Å². The molecule has 0 heterocycles. The highest BCUT2D eigenvalue weighted by atomic mass is 16.8. The monoisotopic (exact) mass is 190 g/mol. The van der Waals surface area contributed by atoms with E-state index in [1.807, 2.05) is 0 Å². The third kappa shape index (κ3) is 9.14. The molecule has 1 atom stereocenters. The van der Waals surface area contributed by atoms with E-state index in [9.17, 15) is 4.79 Å². The van der Waals surface area contributed by atoms with Gasteiger partial charge in [-0.2, -0.15) is 0 Å². The van der Waals surface area contributed by atoms with Crippen LogP contribution in [0, 0.1) is 0 Å². The van der Waals surface area contributed by atoms with Crippen molar-refractivity contribution in [3.8, 4) is 0 Å². The Labute approximate surface area is 78.8 Å². The summed E-state index contributed by atoms with van der Waals surface area (Å²) in [6, 6.07) is 0. The molecule has 0 aromatic carbocycles. The zero-order valence-corrected chi connectivity index (χ0v) is 8.28. The number of carboxylic acid groups (broad SMARTS) is 1. The van der Waals surface area contributed by atoms with Crippen molar-refractivity contribution in [2.45, 2.75) is 45.8 Å². The minimum atomic E-state index is -1.29. The Morgan fingerprint density at radius 2 is 2.08 bits per heavy atom. The van der Waals surface area contributed by atoms with E-state index in [1.165, 1.54) is 12.8 Å². The third-order valence-electron chi connectivity index (χ3n) is 1.62. The van der Waals surface area contributed by atoms with Crippen molar-refractivity contribution in [3.05, 3.63) is 0 Å². The number of hydrogen-bond donors (Lipinski definition) is 1. The van der Waals surface area contributed by atoms with E-state index in [4.69, 9.17) is 9.84 Å². The van der Waals surface area contributed by atoms with Crippen molar-refractivity contribution in [1.29, 1.82) is 0 Å². The molecule has 0 aliphatic carbocycles. The van der Waals surface area contributed by atoms with Crippen LogP contribution in [0.25, 0.3) is 0 Å². The average Bonchev–Trinajstić information content (AvgIpc) is 2.02. The largest absolute Gasteiger partial charge is 0.508 e. The molecular weight excluding hydrogens is 172 g/mol. The van der Waals surface area contributed by atoms with E-state index in [0.29, 0.717) is 6.61 Å². The Bertz CT molecular complexity index is 136. The molecule has 13 heavy (non-hydrogen) atoms. The molecule has 1 N–H and O–H groups in total. The first-order valence-electron chi connectivity index (χ1n) is 4.68. The summed E-state index contributed by atoms with van der Waals surface area (Å²) in [4.78, 5) is 10.0. The van der Waals surface area contributed by atoms with Crippen molar-refractivity contribution < 1.29 is 19.4 Å². The first kappa shape index (κ1) is 12.2. The Morgan fingerprint density at radius 1 is 1.38 bits per heavy atom. The smallest absolute Gasteiger partial charge is 0.450 e. The Kier molecular flexibility index (Phi) is 7.39. The highest BCUT2D eigenvalue weighted by Crippen LogP contribution is 2.01. The number of ether oxygens (including phenoxy) is 2. The zero-order chi connectivity index (χ0) is 10.1. The van der Waals surface area contributed by atoms with Gasteiger partial charge in [-0.05, 0) is 13.3 Å². The fourth-order valence-electron chi connectivity index (χ4n) is 0.954. The molecule has 4 heteroatoms. The van der Waals surface area contributed by atoms with Crippen LogP contribution in [-0.4, -0.2) is 24.2 Å². The molecule has 0 aromatic heterocycles. The van der Waals surface area contributed by atoms with Gasteiger partial charge in [0, 0.05) is 0 Å². The van der Waals surface area contributed by atoms with Gasteiger partial charge in [0.05, 0.1) is 6.61 Å². The second kappa shape index (κ2) is 7.86. The van der Waals surface area contributed by atoms with Crippen LogP contribution in [0.1, 0.15) is 39.5 Å². The molecule has 0 spiro atoms. The molecule has 0 aliphatic heterocycles. The van der Waals surface area contributed by atoms with Gasteiger partial charge in [0.25, 0.3) is 0 Å². The van der Waals surface area contributed by atoms with Crippen LogP contribution < -0.4 is 0 Å². The Balaban J connectivity index is 3.17. The first-order chi connectivity index (χ1) is 6.16. The molecule has 0 fully saturated rings. The molecule has 0 aromatic rings. The predicted molar refractivity (Wildman–Crippen MR) is 48.7 cm³/mol. The van der Waals surface area contributed by atoms with Crippen LogP contribution >= 0.6 is 0 Å². The SMILES string of the molecule is CCCCCCOC(C)OC(=O)O. The van der Waals surface area contributed by atoms with E-state index in [1.54, 1.807) is 6.92 Å². The topological polar surface area (TPSA) is 55.8 Å². The number of unbranched alkanes of at least 4 members (excludes halogenated alkanes) is 3. The summed E-state index contributed by atoms with van der Waals surface area (Å²) in [6.07, 6.45) is 2.51. The van der Waals surface area contributed by atoms with Gasteiger partial charge in [-0.1, -0.05) is 26.2 Å². The summed E-state index contributed by atoms with van der Waals surface area (Å²) in [5.41, 5.74) is 0. The molecule has 1 unspecified atom stereocenters. The summed E-state index contributed by atoms with van der Waals surface area (Å²) in [7, 11) is 0. The Morgan fingerprint density at radius 3 is 2.62 bits per heavy atom. The van der Waals surface area contributed by atoms with Crippen molar-refractivity contribution >= 4 is 6.16 Å². The lowest BCUT2D eigenvalue weighted by Crippen LogP contribution is -2.17. The molecule has 78 valence electrons. The minimum absolute atomic E-state index is 0.564. The maximum atomic E-state index is 10.0. The summed E-state index contributed by atoms with van der Waals surface area (Å²) >= 11 is 0. The number of hydrogen-bond acceptors (Lipinski definition) is 3. The van der Waals surface area contributed by atoms with Gasteiger partial charge >= 0.3 is 6.16 Å². The molecule has 0 saturated heterocycles. The van der Waals surface area contributed by atoms with E-state index in [0.717, 1.165) is 12.8 Å². The van der Waals surface area contributed by atoms with Gasteiger partial charge in [0.15, 0.2) is 0 Å². The third-order valence-corrected chi connectivity index (χ3v) is 1.62. The van der Waals surface area contributed by atoms with Gasteiger partial charge in [0.1, 0.15) is 0 Å². The quantitative estimate of drug-likeness (QED) is 0.381. The van der Waals surface area contributed by atoms with Gasteiger partial charge in [-0.3, -0.25) is 0 Å². The van der Waals surface area contributed by atoms with Gasteiger partial charge in [0.2, 0.25) is 6.29 Å². The maximum absolute atomic E-state index is 10.0. The van der Waals surface area contributed by atoms with Crippen molar-refractivity contribution in [2.75, 3.05) is 6.61 Å². The minimum Gasteiger partial charge on any atom is -0.450 e. The maximum Gasteiger partial charge on any atom is 0.508 e. The normalized spacial score (nSPS) is 12.5.